The van der Waals surface area contributed by atoms with Gasteiger partial charge in [0.05, 0.1) is 12.1 Å². The van der Waals surface area contributed by atoms with Crippen LogP contribution in [0.3, 0.4) is 0 Å². The number of thiazole rings is 1. The van der Waals surface area contributed by atoms with Gasteiger partial charge < -0.3 is 16.4 Å². The van der Waals surface area contributed by atoms with E-state index in [0.717, 1.165) is 0 Å². The number of thiophene rings is 1. The first-order chi connectivity index (χ1) is 10.5. The molecule has 22 heavy (non-hydrogen) atoms. The number of nitrogens with one attached hydrogen (secondary N) is 2. The molecule has 2 rings (SSSR count). The van der Waals surface area contributed by atoms with Crippen LogP contribution in [-0.4, -0.2) is 29.3 Å². The lowest BCUT2D eigenvalue weighted by Gasteiger charge is -2.03. The van der Waals surface area contributed by atoms with Crippen LogP contribution < -0.4 is 16.4 Å². The molecule has 4 N–H and O–H groups in total. The van der Waals surface area contributed by atoms with E-state index in [-0.39, 0.29) is 31.2 Å². The van der Waals surface area contributed by atoms with Gasteiger partial charge in [0, 0.05) is 29.3 Å². The minimum Gasteiger partial charge on any atom is -0.369 e. The highest BCUT2D eigenvalue weighted by Gasteiger charge is 2.09. The minimum atomic E-state index is -0.473. The van der Waals surface area contributed by atoms with Crippen molar-refractivity contribution in [1.82, 2.24) is 10.3 Å². The van der Waals surface area contributed by atoms with Crippen LogP contribution in [-0.2, 0) is 16.0 Å². The summed E-state index contributed by atoms with van der Waals surface area (Å²) in [5.74, 6) is -0.933. The number of aromatic nitrogens is 1. The second kappa shape index (κ2) is 7.66. The van der Waals surface area contributed by atoms with Gasteiger partial charge in [-0.15, -0.1) is 11.3 Å². The van der Waals surface area contributed by atoms with E-state index in [0.29, 0.717) is 16.4 Å². The summed E-state index contributed by atoms with van der Waals surface area (Å²) in [6.07, 6.45) is 0.184. The summed E-state index contributed by atoms with van der Waals surface area (Å²) < 4.78 is 0. The Morgan fingerprint density at radius 1 is 1.27 bits per heavy atom. The highest BCUT2D eigenvalue weighted by Crippen LogP contribution is 2.15. The molecular formula is C13H14N4O3S2. The minimum absolute atomic E-state index is 0.0447. The zero-order valence-electron chi connectivity index (χ0n) is 11.5. The van der Waals surface area contributed by atoms with E-state index in [1.165, 1.54) is 22.7 Å². The lowest BCUT2D eigenvalue weighted by atomic mass is 10.3. The van der Waals surface area contributed by atoms with Crippen LogP contribution in [0.15, 0.2) is 22.2 Å². The van der Waals surface area contributed by atoms with Crippen molar-refractivity contribution in [3.05, 3.63) is 33.5 Å². The number of nitrogens with two attached hydrogens (primary N) is 1. The summed E-state index contributed by atoms with van der Waals surface area (Å²) in [6.45, 7) is 0.236. The molecule has 0 spiro atoms. The second-order valence-electron chi connectivity index (χ2n) is 4.35. The molecule has 0 fully saturated rings. The molecule has 0 radical (unpaired) electrons. The molecule has 0 bridgehead atoms. The molecule has 0 saturated heterocycles. The quantitative estimate of drug-likeness (QED) is 0.698. The molecule has 0 aliphatic rings. The lowest BCUT2D eigenvalue weighted by Crippen LogP contribution is -2.27. The molecule has 0 aliphatic heterocycles. The van der Waals surface area contributed by atoms with Crippen LogP contribution in [0.1, 0.15) is 22.5 Å². The maximum atomic E-state index is 11.7. The normalized spacial score (nSPS) is 10.2. The molecule has 3 amide bonds. The molecule has 0 unspecified atom stereocenters. The van der Waals surface area contributed by atoms with E-state index in [2.05, 4.69) is 15.6 Å². The van der Waals surface area contributed by atoms with Gasteiger partial charge in [0.1, 0.15) is 0 Å². The van der Waals surface area contributed by atoms with Crippen molar-refractivity contribution >= 4 is 45.5 Å². The van der Waals surface area contributed by atoms with Crippen LogP contribution >= 0.6 is 22.7 Å². The van der Waals surface area contributed by atoms with Crippen molar-refractivity contribution in [2.75, 3.05) is 11.9 Å². The fraction of sp³-hybridized carbons (Fsp3) is 0.231. The number of carbonyl (C=O) groups is 3. The molecule has 9 heteroatoms. The molecule has 2 heterocycles. The topological polar surface area (TPSA) is 114 Å². The molecule has 0 atom stereocenters. The van der Waals surface area contributed by atoms with Crippen LogP contribution in [0.2, 0.25) is 0 Å². The number of carbonyl (C=O) groups excluding carboxylic acids is 3. The van der Waals surface area contributed by atoms with Gasteiger partial charge in [0.25, 0.3) is 5.91 Å². The largest absolute Gasteiger partial charge is 0.369 e. The molecule has 2 aromatic rings. The Morgan fingerprint density at radius 2 is 2.09 bits per heavy atom. The average Bonchev–Trinajstić information content (AvgIpc) is 3.09. The van der Waals surface area contributed by atoms with Crippen molar-refractivity contribution in [1.29, 1.82) is 0 Å². The first kappa shape index (κ1) is 16.1. The van der Waals surface area contributed by atoms with E-state index in [1.807, 2.05) is 5.38 Å². The fourth-order valence-electron chi connectivity index (χ4n) is 1.59. The Balaban J connectivity index is 1.72. The fourth-order valence-corrected chi connectivity index (χ4v) is 2.95. The molecule has 0 aromatic carbocycles. The van der Waals surface area contributed by atoms with Crippen LogP contribution in [0.25, 0.3) is 0 Å². The molecule has 116 valence electrons. The maximum Gasteiger partial charge on any atom is 0.252 e. The lowest BCUT2D eigenvalue weighted by molar-refractivity contribution is -0.117. The van der Waals surface area contributed by atoms with Crippen molar-refractivity contribution in [3.63, 3.8) is 0 Å². The van der Waals surface area contributed by atoms with Crippen LogP contribution in [0, 0.1) is 0 Å². The predicted molar refractivity (Wildman–Crippen MR) is 84.9 cm³/mol. The zero-order valence-corrected chi connectivity index (χ0v) is 13.1. The Morgan fingerprint density at radius 3 is 2.77 bits per heavy atom. The Hall–Kier alpha value is -2.26. The standard InChI is InChI=1S/C13H14N4O3S2/c14-10(18)5-9-7-22-13(16-9)17-11(19)1-3-15-12(20)8-2-4-21-6-8/h2,4,6-7H,1,3,5H2,(H2,14,18)(H,15,20)(H,16,17,19). The number of primary amides is 1. The summed E-state index contributed by atoms with van der Waals surface area (Å²) in [4.78, 5) is 38.2. The number of anilines is 1. The first-order valence-electron chi connectivity index (χ1n) is 6.37. The molecule has 0 aliphatic carbocycles. The zero-order chi connectivity index (χ0) is 15.9. The summed E-state index contributed by atoms with van der Waals surface area (Å²) in [7, 11) is 0. The molecule has 7 nitrogen and oxygen atoms in total. The van der Waals surface area contributed by atoms with Crippen molar-refractivity contribution in [2.45, 2.75) is 12.8 Å². The van der Waals surface area contributed by atoms with E-state index in [9.17, 15) is 14.4 Å². The average molecular weight is 338 g/mol. The van der Waals surface area contributed by atoms with Gasteiger partial charge in [0.2, 0.25) is 11.8 Å². The Bertz CT molecular complexity index is 667. The van der Waals surface area contributed by atoms with Gasteiger partial charge in [0.15, 0.2) is 5.13 Å². The third-order valence-corrected chi connectivity index (χ3v) is 4.06. The summed E-state index contributed by atoms with van der Waals surface area (Å²) in [6, 6.07) is 1.72. The van der Waals surface area contributed by atoms with Gasteiger partial charge >= 0.3 is 0 Å². The van der Waals surface area contributed by atoms with Crippen molar-refractivity contribution in [3.8, 4) is 0 Å². The van der Waals surface area contributed by atoms with E-state index < -0.39 is 5.91 Å². The van der Waals surface area contributed by atoms with Gasteiger partial charge in [-0.2, -0.15) is 11.3 Å². The summed E-state index contributed by atoms with van der Waals surface area (Å²) >= 11 is 2.66. The number of amides is 3. The number of hydrogen-bond acceptors (Lipinski definition) is 6. The molecule has 2 aromatic heterocycles. The highest BCUT2D eigenvalue weighted by atomic mass is 32.1. The number of hydrogen-bond donors (Lipinski definition) is 3. The molecular weight excluding hydrogens is 324 g/mol. The Kier molecular flexibility index (Phi) is 5.61. The first-order valence-corrected chi connectivity index (χ1v) is 8.20. The Labute approximate surface area is 134 Å². The van der Waals surface area contributed by atoms with E-state index in [1.54, 1.807) is 16.8 Å². The van der Waals surface area contributed by atoms with Gasteiger partial charge in [-0.05, 0) is 11.4 Å². The third kappa shape index (κ3) is 4.93. The third-order valence-electron chi connectivity index (χ3n) is 2.57. The van der Waals surface area contributed by atoms with Gasteiger partial charge in [-0.1, -0.05) is 0 Å². The summed E-state index contributed by atoms with van der Waals surface area (Å²) in [5, 5.41) is 10.9. The van der Waals surface area contributed by atoms with Gasteiger partial charge in [-0.25, -0.2) is 4.98 Å². The van der Waals surface area contributed by atoms with E-state index in [4.69, 9.17) is 5.73 Å². The summed E-state index contributed by atoms with van der Waals surface area (Å²) in [5.41, 5.74) is 6.18. The van der Waals surface area contributed by atoms with Crippen LogP contribution in [0.4, 0.5) is 5.13 Å². The van der Waals surface area contributed by atoms with Crippen molar-refractivity contribution in [2.24, 2.45) is 5.73 Å². The predicted octanol–water partition coefficient (Wildman–Crippen LogP) is 0.991. The molecule has 0 saturated carbocycles. The SMILES string of the molecule is NC(=O)Cc1csc(NC(=O)CCNC(=O)c2ccsc2)n1. The monoisotopic (exact) mass is 338 g/mol. The van der Waals surface area contributed by atoms with Crippen LogP contribution in [0.5, 0.6) is 0 Å². The number of nitrogens with zero attached hydrogens (tertiary/aromatic N) is 1. The second-order valence-corrected chi connectivity index (χ2v) is 5.99. The number of rotatable bonds is 7. The highest BCUT2D eigenvalue weighted by molar-refractivity contribution is 7.14. The van der Waals surface area contributed by atoms with E-state index >= 15 is 0 Å². The van der Waals surface area contributed by atoms with Crippen molar-refractivity contribution < 1.29 is 14.4 Å². The smallest absolute Gasteiger partial charge is 0.252 e. The maximum absolute atomic E-state index is 11.7. The van der Waals surface area contributed by atoms with Gasteiger partial charge in [-0.3, -0.25) is 14.4 Å².